The first-order chi connectivity index (χ1) is 17.0. The Morgan fingerprint density at radius 3 is 2.40 bits per heavy atom. The summed E-state index contributed by atoms with van der Waals surface area (Å²) in [6, 6.07) is 16.7. The zero-order valence-corrected chi connectivity index (χ0v) is 21.9. The minimum Gasteiger partial charge on any atom is -0.367 e. The number of benzene rings is 2. The fourth-order valence-corrected chi connectivity index (χ4v) is 6.50. The molecule has 0 radical (unpaired) electrons. The highest BCUT2D eigenvalue weighted by atomic mass is 35.5. The number of piperidine rings is 1. The van der Waals surface area contributed by atoms with Crippen LogP contribution in [0.15, 0.2) is 48.5 Å². The first kappa shape index (κ1) is 25.1. The molecule has 1 atom stereocenters. The molecule has 3 aliphatic rings. The third-order valence-electron chi connectivity index (χ3n) is 8.34. The second kappa shape index (κ2) is 11.2. The van der Waals surface area contributed by atoms with Gasteiger partial charge < -0.3 is 14.5 Å². The first-order valence-corrected chi connectivity index (χ1v) is 14.0. The minimum atomic E-state index is -0.559. The van der Waals surface area contributed by atoms with E-state index >= 15 is 0 Å². The second-order valence-corrected chi connectivity index (χ2v) is 11.3. The van der Waals surface area contributed by atoms with E-state index in [-0.39, 0.29) is 5.92 Å². The van der Waals surface area contributed by atoms with Gasteiger partial charge in [-0.1, -0.05) is 72.4 Å². The van der Waals surface area contributed by atoms with Crippen LogP contribution in [0, 0.1) is 5.92 Å². The van der Waals surface area contributed by atoms with E-state index < -0.39 is 5.60 Å². The third-order valence-corrected chi connectivity index (χ3v) is 9.08. The molecule has 5 rings (SSSR count). The van der Waals surface area contributed by atoms with Crippen LogP contribution in [0.25, 0.3) is 0 Å². The SMILES string of the molecule is O=C(C1CCCC1)N1CCOC(CCN2CCC(c3ccccc3)CC2)(c2ccc(Cl)c(Cl)c2)C1. The van der Waals surface area contributed by atoms with Gasteiger partial charge in [0, 0.05) is 19.0 Å². The summed E-state index contributed by atoms with van der Waals surface area (Å²) in [6.07, 6.45) is 7.55. The first-order valence-electron chi connectivity index (χ1n) is 13.2. The Morgan fingerprint density at radius 2 is 1.69 bits per heavy atom. The van der Waals surface area contributed by atoms with Gasteiger partial charge in [-0.15, -0.1) is 0 Å². The van der Waals surface area contributed by atoms with E-state index in [4.69, 9.17) is 27.9 Å². The molecule has 1 unspecified atom stereocenters. The number of likely N-dealkylation sites (tertiary alicyclic amines) is 1. The van der Waals surface area contributed by atoms with Gasteiger partial charge in [-0.3, -0.25) is 4.79 Å². The number of rotatable bonds is 6. The van der Waals surface area contributed by atoms with Gasteiger partial charge in [0.1, 0.15) is 5.60 Å². The third kappa shape index (κ3) is 5.72. The molecule has 0 N–H and O–H groups in total. The lowest BCUT2D eigenvalue weighted by Gasteiger charge is -2.45. The zero-order valence-electron chi connectivity index (χ0n) is 20.4. The van der Waals surface area contributed by atoms with Crippen molar-refractivity contribution in [3.8, 4) is 0 Å². The fourth-order valence-electron chi connectivity index (χ4n) is 6.21. The quantitative estimate of drug-likeness (QED) is 0.440. The second-order valence-electron chi connectivity index (χ2n) is 10.5. The Bertz CT molecular complexity index is 1000. The summed E-state index contributed by atoms with van der Waals surface area (Å²) in [5, 5.41) is 1.08. The predicted octanol–water partition coefficient (Wildman–Crippen LogP) is 6.51. The Balaban J connectivity index is 1.29. The van der Waals surface area contributed by atoms with Crippen molar-refractivity contribution in [2.24, 2.45) is 5.92 Å². The number of carbonyl (C=O) groups is 1. The number of halogens is 2. The molecular weight excluding hydrogens is 479 g/mol. The number of amides is 1. The van der Waals surface area contributed by atoms with Crippen molar-refractivity contribution in [1.82, 2.24) is 9.80 Å². The van der Waals surface area contributed by atoms with Crippen molar-refractivity contribution in [3.63, 3.8) is 0 Å². The van der Waals surface area contributed by atoms with Crippen molar-refractivity contribution in [3.05, 3.63) is 69.7 Å². The van der Waals surface area contributed by atoms with Gasteiger partial charge in [-0.05, 0) is 74.4 Å². The molecule has 4 nitrogen and oxygen atoms in total. The van der Waals surface area contributed by atoms with Crippen molar-refractivity contribution < 1.29 is 9.53 Å². The summed E-state index contributed by atoms with van der Waals surface area (Å²) >= 11 is 12.7. The van der Waals surface area contributed by atoms with Crippen LogP contribution in [0.5, 0.6) is 0 Å². The Hall–Kier alpha value is -1.59. The minimum absolute atomic E-state index is 0.177. The van der Waals surface area contributed by atoms with Crippen molar-refractivity contribution in [2.75, 3.05) is 39.3 Å². The maximum absolute atomic E-state index is 13.3. The number of hydrogen-bond donors (Lipinski definition) is 0. The van der Waals surface area contributed by atoms with E-state index in [1.165, 1.54) is 18.4 Å². The van der Waals surface area contributed by atoms with Gasteiger partial charge in [0.25, 0.3) is 0 Å². The van der Waals surface area contributed by atoms with Crippen LogP contribution in [0.2, 0.25) is 10.0 Å². The average molecular weight is 516 g/mol. The Kier molecular flexibility index (Phi) is 8.03. The average Bonchev–Trinajstić information content (AvgIpc) is 3.45. The van der Waals surface area contributed by atoms with E-state index in [2.05, 4.69) is 40.1 Å². The molecule has 2 aromatic carbocycles. The van der Waals surface area contributed by atoms with Gasteiger partial charge in [-0.2, -0.15) is 0 Å². The van der Waals surface area contributed by atoms with Gasteiger partial charge in [0.2, 0.25) is 5.91 Å². The molecule has 1 aliphatic carbocycles. The number of carbonyl (C=O) groups excluding carboxylic acids is 1. The van der Waals surface area contributed by atoms with E-state index in [0.29, 0.717) is 41.6 Å². The molecule has 2 aromatic rings. The van der Waals surface area contributed by atoms with Crippen LogP contribution >= 0.6 is 23.2 Å². The topological polar surface area (TPSA) is 32.8 Å². The molecule has 0 bridgehead atoms. The summed E-state index contributed by atoms with van der Waals surface area (Å²) in [6.45, 7) is 4.91. The molecule has 35 heavy (non-hydrogen) atoms. The maximum atomic E-state index is 13.3. The number of ether oxygens (including phenoxy) is 1. The fraction of sp³-hybridized carbons (Fsp3) is 0.552. The molecular formula is C29H36Cl2N2O2. The number of nitrogens with zero attached hydrogens (tertiary/aromatic N) is 2. The molecule has 2 aliphatic heterocycles. The summed E-state index contributed by atoms with van der Waals surface area (Å²) in [5.74, 6) is 1.12. The lowest BCUT2D eigenvalue weighted by Crippen LogP contribution is -2.54. The highest BCUT2D eigenvalue weighted by molar-refractivity contribution is 6.42. The van der Waals surface area contributed by atoms with Gasteiger partial charge >= 0.3 is 0 Å². The van der Waals surface area contributed by atoms with E-state index in [1.54, 1.807) is 0 Å². The van der Waals surface area contributed by atoms with Crippen molar-refractivity contribution >= 4 is 29.1 Å². The number of morpholine rings is 1. The summed E-state index contributed by atoms with van der Waals surface area (Å²) < 4.78 is 6.55. The molecule has 188 valence electrons. The largest absolute Gasteiger partial charge is 0.367 e. The van der Waals surface area contributed by atoms with Crippen molar-refractivity contribution in [1.29, 1.82) is 0 Å². The maximum Gasteiger partial charge on any atom is 0.225 e. The van der Waals surface area contributed by atoms with Gasteiger partial charge in [0.05, 0.1) is 23.2 Å². The molecule has 6 heteroatoms. The van der Waals surface area contributed by atoms with Crippen LogP contribution in [-0.2, 0) is 15.1 Å². The van der Waals surface area contributed by atoms with Crippen LogP contribution in [0.3, 0.4) is 0 Å². The zero-order chi connectivity index (χ0) is 24.3. The van der Waals surface area contributed by atoms with Gasteiger partial charge in [0.15, 0.2) is 0 Å². The number of hydrogen-bond acceptors (Lipinski definition) is 3. The summed E-state index contributed by atoms with van der Waals surface area (Å²) in [5.41, 5.74) is 1.92. The van der Waals surface area contributed by atoms with Crippen molar-refractivity contribution in [2.45, 2.75) is 56.5 Å². The van der Waals surface area contributed by atoms with Crippen LogP contribution in [0.4, 0.5) is 0 Å². The monoisotopic (exact) mass is 514 g/mol. The van der Waals surface area contributed by atoms with E-state index in [0.717, 1.165) is 57.3 Å². The van der Waals surface area contributed by atoms with Gasteiger partial charge in [-0.25, -0.2) is 0 Å². The lowest BCUT2D eigenvalue weighted by molar-refractivity contribution is -0.158. The van der Waals surface area contributed by atoms with Crippen LogP contribution in [-0.4, -0.2) is 55.0 Å². The molecule has 2 saturated heterocycles. The van der Waals surface area contributed by atoms with E-state index in [9.17, 15) is 4.79 Å². The Labute approximate surface area is 219 Å². The lowest BCUT2D eigenvalue weighted by atomic mass is 9.86. The van der Waals surface area contributed by atoms with E-state index in [1.807, 2.05) is 18.2 Å². The molecule has 2 heterocycles. The molecule has 0 aromatic heterocycles. The normalized spacial score (nSPS) is 24.7. The molecule has 1 saturated carbocycles. The van der Waals surface area contributed by atoms with Crippen LogP contribution < -0.4 is 0 Å². The Morgan fingerprint density at radius 1 is 0.943 bits per heavy atom. The standard InChI is InChI=1S/C29H36Cl2N2O2/c30-26-11-10-25(20-27(26)31)29(21-33(18-19-35-29)28(34)24-8-4-5-9-24)14-17-32-15-12-23(13-16-32)22-6-2-1-3-7-22/h1-3,6-7,10-11,20,23-24H,4-5,8-9,12-19,21H2. The smallest absolute Gasteiger partial charge is 0.225 e. The highest BCUT2D eigenvalue weighted by Gasteiger charge is 2.42. The predicted molar refractivity (Wildman–Crippen MR) is 142 cm³/mol. The van der Waals surface area contributed by atoms with Crippen LogP contribution in [0.1, 0.15) is 62.0 Å². The summed E-state index contributed by atoms with van der Waals surface area (Å²) in [4.78, 5) is 17.9. The summed E-state index contributed by atoms with van der Waals surface area (Å²) in [7, 11) is 0. The highest BCUT2D eigenvalue weighted by Crippen LogP contribution is 2.39. The molecule has 1 amide bonds. The molecule has 0 spiro atoms. The molecule has 3 fully saturated rings.